The van der Waals surface area contributed by atoms with Crippen LogP contribution >= 0.6 is 0 Å². The Bertz CT molecular complexity index is 1180. The Morgan fingerprint density at radius 3 is 2.75 bits per heavy atom. The quantitative estimate of drug-likeness (QED) is 0.680. The molecule has 5 rings (SSSR count). The topological polar surface area (TPSA) is 74.0 Å². The molecule has 0 saturated carbocycles. The average Bonchev–Trinajstić information content (AvgIpc) is 3.40. The standard InChI is InChI=1S/C24H28FN5O2/c1-15-6-7-17(25)11-19(15)24(32)29-9-4-3-5-21(29)20-12-22-26-23(16(2)13-30(22)27-20)28-10-8-18(31)14-28/h6-7,11-13,18,21,31H,3-5,8-10,14H2,1-2H3/t18-,21+/m1/s1. The van der Waals surface area contributed by atoms with Crippen molar-refractivity contribution >= 4 is 17.4 Å². The number of aliphatic hydroxyl groups is 1. The van der Waals surface area contributed by atoms with E-state index >= 15 is 0 Å². The van der Waals surface area contributed by atoms with E-state index in [9.17, 15) is 14.3 Å². The first kappa shape index (κ1) is 20.9. The van der Waals surface area contributed by atoms with Crippen molar-refractivity contribution < 1.29 is 14.3 Å². The molecule has 0 aliphatic carbocycles. The highest BCUT2D eigenvalue weighted by Gasteiger charge is 2.32. The van der Waals surface area contributed by atoms with Gasteiger partial charge in [0.25, 0.3) is 5.91 Å². The Balaban J connectivity index is 1.48. The smallest absolute Gasteiger partial charge is 0.254 e. The Kier molecular flexibility index (Phi) is 5.33. The number of fused-ring (bicyclic) bond motifs is 1. The molecule has 1 amide bonds. The zero-order chi connectivity index (χ0) is 22.4. The Morgan fingerprint density at radius 1 is 1.12 bits per heavy atom. The van der Waals surface area contributed by atoms with Gasteiger partial charge in [0.1, 0.15) is 11.6 Å². The predicted octanol–water partition coefficient (Wildman–Crippen LogP) is 3.42. The fraction of sp³-hybridized carbons (Fsp3) is 0.458. The number of β-amino-alcohol motifs (C(OH)–C–C–N with tert-alkyl or cyclic N) is 1. The maximum atomic E-state index is 13.8. The third-order valence-corrected chi connectivity index (χ3v) is 6.62. The van der Waals surface area contributed by atoms with Gasteiger partial charge in [0.05, 0.1) is 17.8 Å². The number of hydrogen-bond acceptors (Lipinski definition) is 5. The summed E-state index contributed by atoms with van der Waals surface area (Å²) in [5.41, 5.74) is 3.70. The van der Waals surface area contributed by atoms with E-state index in [1.165, 1.54) is 12.1 Å². The molecule has 1 N–H and O–H groups in total. The third-order valence-electron chi connectivity index (χ3n) is 6.62. The lowest BCUT2D eigenvalue weighted by Crippen LogP contribution is -2.39. The summed E-state index contributed by atoms with van der Waals surface area (Å²) in [6.45, 7) is 5.82. The highest BCUT2D eigenvalue weighted by atomic mass is 19.1. The third kappa shape index (κ3) is 3.72. The number of likely N-dealkylation sites (tertiary alicyclic amines) is 1. The highest BCUT2D eigenvalue weighted by molar-refractivity contribution is 5.96. The minimum atomic E-state index is -0.403. The number of anilines is 1. The van der Waals surface area contributed by atoms with Crippen LogP contribution in [0.5, 0.6) is 0 Å². The SMILES string of the molecule is Cc1ccc(F)cc1C(=O)N1CCCC[C@H]1c1cc2nc(N3CC[C@@H](O)C3)c(C)cn2n1. The van der Waals surface area contributed by atoms with E-state index in [1.54, 1.807) is 10.6 Å². The molecule has 1 aromatic carbocycles. The van der Waals surface area contributed by atoms with Crippen molar-refractivity contribution in [3.8, 4) is 0 Å². The molecule has 7 nitrogen and oxygen atoms in total. The second kappa shape index (κ2) is 8.16. The molecule has 0 spiro atoms. The first-order valence-corrected chi connectivity index (χ1v) is 11.3. The Morgan fingerprint density at radius 2 is 1.97 bits per heavy atom. The maximum Gasteiger partial charge on any atom is 0.254 e. The summed E-state index contributed by atoms with van der Waals surface area (Å²) in [5.74, 6) is 0.312. The molecule has 0 radical (unpaired) electrons. The van der Waals surface area contributed by atoms with Gasteiger partial charge in [0.15, 0.2) is 5.65 Å². The van der Waals surface area contributed by atoms with E-state index < -0.39 is 5.82 Å². The number of carbonyl (C=O) groups is 1. The molecule has 2 atom stereocenters. The first-order chi connectivity index (χ1) is 15.4. The molecule has 2 aliphatic heterocycles. The summed E-state index contributed by atoms with van der Waals surface area (Å²) in [5, 5.41) is 14.7. The van der Waals surface area contributed by atoms with Crippen molar-refractivity contribution in [3.63, 3.8) is 0 Å². The number of carbonyl (C=O) groups excluding carboxylic acids is 1. The molecule has 168 valence electrons. The van der Waals surface area contributed by atoms with Gasteiger partial charge in [-0.3, -0.25) is 4.79 Å². The van der Waals surface area contributed by atoms with Crippen LogP contribution in [-0.2, 0) is 0 Å². The van der Waals surface area contributed by atoms with Crippen molar-refractivity contribution in [1.82, 2.24) is 19.5 Å². The number of benzene rings is 1. The van der Waals surface area contributed by atoms with Crippen LogP contribution in [0, 0.1) is 19.7 Å². The number of piperidine rings is 1. The fourth-order valence-corrected chi connectivity index (χ4v) is 4.90. The van der Waals surface area contributed by atoms with Gasteiger partial charge < -0.3 is 14.9 Å². The second-order valence-corrected chi connectivity index (χ2v) is 8.98. The summed E-state index contributed by atoms with van der Waals surface area (Å²) in [4.78, 5) is 22.1. The van der Waals surface area contributed by atoms with E-state index in [0.29, 0.717) is 18.7 Å². The molecule has 2 fully saturated rings. The van der Waals surface area contributed by atoms with Crippen molar-refractivity contribution in [2.24, 2.45) is 0 Å². The lowest BCUT2D eigenvalue weighted by atomic mass is 9.97. The maximum absolute atomic E-state index is 13.8. The van der Waals surface area contributed by atoms with E-state index in [0.717, 1.165) is 60.5 Å². The predicted molar refractivity (Wildman–Crippen MR) is 119 cm³/mol. The zero-order valence-corrected chi connectivity index (χ0v) is 18.5. The number of hydrogen-bond donors (Lipinski definition) is 1. The Labute approximate surface area is 186 Å². The van der Waals surface area contributed by atoms with E-state index in [1.807, 2.05) is 31.0 Å². The minimum absolute atomic E-state index is 0.153. The van der Waals surface area contributed by atoms with Crippen LogP contribution in [0.1, 0.15) is 58.9 Å². The van der Waals surface area contributed by atoms with Gasteiger partial charge in [0.2, 0.25) is 0 Å². The number of aromatic nitrogens is 3. The van der Waals surface area contributed by atoms with Gasteiger partial charge >= 0.3 is 0 Å². The molecule has 0 unspecified atom stereocenters. The van der Waals surface area contributed by atoms with Crippen molar-refractivity contribution in [3.05, 3.63) is 58.7 Å². The lowest BCUT2D eigenvalue weighted by molar-refractivity contribution is 0.0604. The van der Waals surface area contributed by atoms with Crippen LogP contribution in [0.2, 0.25) is 0 Å². The van der Waals surface area contributed by atoms with Crippen LogP contribution in [0.3, 0.4) is 0 Å². The first-order valence-electron chi connectivity index (χ1n) is 11.3. The number of aliphatic hydroxyl groups excluding tert-OH is 1. The van der Waals surface area contributed by atoms with Crippen LogP contribution in [0.25, 0.3) is 5.65 Å². The van der Waals surface area contributed by atoms with Gasteiger partial charge in [-0.15, -0.1) is 0 Å². The summed E-state index contributed by atoms with van der Waals surface area (Å²) in [6, 6.07) is 6.14. The van der Waals surface area contributed by atoms with E-state index in [-0.39, 0.29) is 18.1 Å². The number of rotatable bonds is 3. The number of nitrogens with zero attached hydrogens (tertiary/aromatic N) is 5. The Hall–Kier alpha value is -3.00. The lowest BCUT2D eigenvalue weighted by Gasteiger charge is -2.35. The minimum Gasteiger partial charge on any atom is -0.391 e. The van der Waals surface area contributed by atoms with Gasteiger partial charge in [-0.25, -0.2) is 13.9 Å². The molecule has 2 aliphatic rings. The molecule has 4 heterocycles. The van der Waals surface area contributed by atoms with Gasteiger partial charge in [-0.05, 0) is 57.2 Å². The van der Waals surface area contributed by atoms with Crippen molar-refractivity contribution in [2.45, 2.75) is 51.7 Å². The zero-order valence-electron chi connectivity index (χ0n) is 18.5. The van der Waals surface area contributed by atoms with Crippen molar-refractivity contribution in [1.29, 1.82) is 0 Å². The van der Waals surface area contributed by atoms with E-state index in [4.69, 9.17) is 10.1 Å². The number of halogens is 1. The average molecular weight is 438 g/mol. The molecule has 2 saturated heterocycles. The van der Waals surface area contributed by atoms with Crippen LogP contribution < -0.4 is 4.90 Å². The van der Waals surface area contributed by atoms with Gasteiger partial charge in [0, 0.05) is 43.0 Å². The van der Waals surface area contributed by atoms with Crippen molar-refractivity contribution in [2.75, 3.05) is 24.5 Å². The van der Waals surface area contributed by atoms with Crippen LogP contribution in [0.15, 0.2) is 30.5 Å². The summed E-state index contributed by atoms with van der Waals surface area (Å²) >= 11 is 0. The molecule has 2 aromatic heterocycles. The normalized spacial score (nSPS) is 21.5. The number of amides is 1. The monoisotopic (exact) mass is 437 g/mol. The molecular weight excluding hydrogens is 409 g/mol. The largest absolute Gasteiger partial charge is 0.391 e. The van der Waals surface area contributed by atoms with E-state index in [2.05, 4.69) is 4.90 Å². The highest BCUT2D eigenvalue weighted by Crippen LogP contribution is 2.33. The molecule has 0 bridgehead atoms. The summed E-state index contributed by atoms with van der Waals surface area (Å²) in [6.07, 6.45) is 5.12. The second-order valence-electron chi connectivity index (χ2n) is 8.98. The van der Waals surface area contributed by atoms with Crippen LogP contribution in [-0.4, -0.2) is 56.2 Å². The molecule has 8 heteroatoms. The van der Waals surface area contributed by atoms with Gasteiger partial charge in [-0.2, -0.15) is 5.10 Å². The van der Waals surface area contributed by atoms with Gasteiger partial charge in [-0.1, -0.05) is 6.07 Å². The molecule has 3 aromatic rings. The molecule has 32 heavy (non-hydrogen) atoms. The summed E-state index contributed by atoms with van der Waals surface area (Å²) < 4.78 is 15.6. The number of aryl methyl sites for hydroxylation is 2. The van der Waals surface area contributed by atoms with Crippen LogP contribution in [0.4, 0.5) is 10.2 Å². The molecular formula is C24H28FN5O2. The summed E-state index contributed by atoms with van der Waals surface area (Å²) in [7, 11) is 0. The fourth-order valence-electron chi connectivity index (χ4n) is 4.90.